The molecule has 0 spiro atoms. The van der Waals surface area contributed by atoms with Crippen LogP contribution >= 0.6 is 0 Å². The fourth-order valence-electron chi connectivity index (χ4n) is 1.78. The molecule has 2 aromatic rings. The largest absolute Gasteiger partial charge is 0.458 e. The third-order valence-corrected chi connectivity index (χ3v) is 2.74. The van der Waals surface area contributed by atoms with E-state index in [0.29, 0.717) is 11.3 Å². The Balaban J connectivity index is 2.20. The molecule has 1 heterocycles. The Morgan fingerprint density at radius 2 is 2.35 bits per heavy atom. The fourth-order valence-corrected chi connectivity index (χ4v) is 1.78. The second kappa shape index (κ2) is 7.51. The van der Waals surface area contributed by atoms with Crippen molar-refractivity contribution in [2.75, 3.05) is 11.9 Å². The quantitative estimate of drug-likeness (QED) is 0.475. The van der Waals surface area contributed by atoms with Gasteiger partial charge >= 0.3 is 5.97 Å². The highest BCUT2D eigenvalue weighted by Crippen LogP contribution is 2.17. The first-order chi connectivity index (χ1) is 11.1. The molecular weight excluding hydrogens is 296 g/mol. The van der Waals surface area contributed by atoms with E-state index in [9.17, 15) is 4.79 Å². The van der Waals surface area contributed by atoms with Gasteiger partial charge in [-0.05, 0) is 35.9 Å². The zero-order valence-electron chi connectivity index (χ0n) is 12.4. The van der Waals surface area contributed by atoms with Crippen molar-refractivity contribution in [3.05, 3.63) is 54.0 Å². The van der Waals surface area contributed by atoms with Gasteiger partial charge in [-0.1, -0.05) is 12.7 Å². The summed E-state index contributed by atoms with van der Waals surface area (Å²) in [5.74, 6) is -0.266. The van der Waals surface area contributed by atoms with Gasteiger partial charge in [-0.15, -0.1) is 10.2 Å². The smallest absolute Gasteiger partial charge is 0.338 e. The third kappa shape index (κ3) is 4.25. The molecule has 0 fully saturated rings. The fraction of sp³-hybridized carbons (Fsp3) is 0.133. The molecule has 0 unspecified atom stereocenters. The first-order valence-corrected chi connectivity index (χ1v) is 6.64. The van der Waals surface area contributed by atoms with Crippen LogP contribution in [0, 0.1) is 18.3 Å². The van der Waals surface area contributed by atoms with Gasteiger partial charge in [0.05, 0.1) is 5.56 Å². The van der Waals surface area contributed by atoms with Crippen molar-refractivity contribution in [3.63, 3.8) is 0 Å². The number of H-pyrrole nitrogens is 1. The van der Waals surface area contributed by atoms with Crippen LogP contribution in [0.2, 0.25) is 0 Å². The predicted molar refractivity (Wildman–Crippen MR) is 83.0 cm³/mol. The second-order valence-corrected chi connectivity index (χ2v) is 4.52. The van der Waals surface area contributed by atoms with E-state index >= 15 is 0 Å². The van der Waals surface area contributed by atoms with E-state index in [2.05, 4.69) is 32.5 Å². The number of hydrogen-bond acceptors (Lipinski definition) is 7. The van der Waals surface area contributed by atoms with Crippen LogP contribution in [0.25, 0.3) is 5.57 Å². The SMILES string of the molecule is C=CCOC(=O)c1cc(C)cc(NC=C(C#N)c2nn[nH]n2)c1. The van der Waals surface area contributed by atoms with Crippen LogP contribution in [0.3, 0.4) is 0 Å². The minimum atomic E-state index is -0.445. The standard InChI is InChI=1S/C15H14N6O2/c1-3-4-23-15(22)11-5-10(2)6-13(7-11)17-9-12(8-16)14-18-20-21-19-14/h3,5-7,9,17H,1,4H2,2H3,(H,18,19,20,21). The first kappa shape index (κ1) is 15.9. The number of allylic oxidation sites excluding steroid dienone is 1. The number of esters is 1. The summed E-state index contributed by atoms with van der Waals surface area (Å²) in [5, 5.41) is 25.2. The van der Waals surface area contributed by atoms with Gasteiger partial charge in [0.15, 0.2) is 0 Å². The number of aromatic nitrogens is 4. The molecule has 23 heavy (non-hydrogen) atoms. The van der Waals surface area contributed by atoms with Gasteiger partial charge in [0.25, 0.3) is 0 Å². The van der Waals surface area contributed by atoms with E-state index < -0.39 is 5.97 Å². The maximum Gasteiger partial charge on any atom is 0.338 e. The molecule has 2 N–H and O–H groups in total. The molecule has 0 aliphatic rings. The number of benzene rings is 1. The Bertz CT molecular complexity index is 774. The summed E-state index contributed by atoms with van der Waals surface area (Å²) < 4.78 is 5.01. The number of aryl methyl sites for hydroxylation is 1. The van der Waals surface area contributed by atoms with Gasteiger partial charge < -0.3 is 10.1 Å². The second-order valence-electron chi connectivity index (χ2n) is 4.52. The molecule has 0 radical (unpaired) electrons. The molecular formula is C15H14N6O2. The highest BCUT2D eigenvalue weighted by molar-refractivity contribution is 5.91. The van der Waals surface area contributed by atoms with Crippen LogP contribution < -0.4 is 5.32 Å². The van der Waals surface area contributed by atoms with Crippen molar-refractivity contribution < 1.29 is 9.53 Å². The van der Waals surface area contributed by atoms with Crippen LogP contribution in [-0.4, -0.2) is 33.2 Å². The van der Waals surface area contributed by atoms with Crippen LogP contribution in [0.1, 0.15) is 21.7 Å². The molecule has 2 rings (SSSR count). The zero-order valence-corrected chi connectivity index (χ0v) is 12.4. The molecule has 8 nitrogen and oxygen atoms in total. The average Bonchev–Trinajstić information content (AvgIpc) is 3.07. The summed E-state index contributed by atoms with van der Waals surface area (Å²) >= 11 is 0. The third-order valence-electron chi connectivity index (χ3n) is 2.74. The van der Waals surface area contributed by atoms with Crippen molar-refractivity contribution in [2.24, 2.45) is 0 Å². The summed E-state index contributed by atoms with van der Waals surface area (Å²) in [6.07, 6.45) is 2.94. The van der Waals surface area contributed by atoms with Gasteiger partial charge in [0, 0.05) is 11.9 Å². The summed E-state index contributed by atoms with van der Waals surface area (Å²) in [6, 6.07) is 7.13. The van der Waals surface area contributed by atoms with Gasteiger partial charge in [-0.3, -0.25) is 0 Å². The number of nitriles is 1. The normalized spacial score (nSPS) is 10.7. The highest BCUT2D eigenvalue weighted by Gasteiger charge is 2.09. The Hall–Kier alpha value is -3.47. The molecule has 0 saturated carbocycles. The topological polar surface area (TPSA) is 117 Å². The monoisotopic (exact) mass is 310 g/mol. The van der Waals surface area contributed by atoms with E-state index in [1.807, 2.05) is 19.1 Å². The van der Waals surface area contributed by atoms with Crippen molar-refractivity contribution in [3.8, 4) is 6.07 Å². The van der Waals surface area contributed by atoms with Crippen LogP contribution in [-0.2, 0) is 4.74 Å². The van der Waals surface area contributed by atoms with Crippen molar-refractivity contribution in [1.29, 1.82) is 5.26 Å². The maximum absolute atomic E-state index is 11.9. The molecule has 8 heteroatoms. The van der Waals surface area contributed by atoms with E-state index in [1.54, 1.807) is 12.1 Å². The lowest BCUT2D eigenvalue weighted by atomic mass is 10.1. The number of ether oxygens (including phenoxy) is 1. The van der Waals surface area contributed by atoms with Gasteiger partial charge in [0.1, 0.15) is 18.2 Å². The summed E-state index contributed by atoms with van der Waals surface area (Å²) in [6.45, 7) is 5.49. The highest BCUT2D eigenvalue weighted by atomic mass is 16.5. The van der Waals surface area contributed by atoms with Crippen molar-refractivity contribution in [1.82, 2.24) is 20.6 Å². The Kier molecular flexibility index (Phi) is 5.20. The molecule has 0 saturated heterocycles. The molecule has 0 amide bonds. The van der Waals surface area contributed by atoms with E-state index in [-0.39, 0.29) is 18.0 Å². The van der Waals surface area contributed by atoms with Crippen molar-refractivity contribution in [2.45, 2.75) is 6.92 Å². The lowest BCUT2D eigenvalue weighted by Gasteiger charge is -2.07. The number of nitrogens with one attached hydrogen (secondary N) is 2. The van der Waals surface area contributed by atoms with Gasteiger partial charge in [0.2, 0.25) is 5.82 Å². The maximum atomic E-state index is 11.9. The Morgan fingerprint density at radius 3 is 3.00 bits per heavy atom. The number of carbonyl (C=O) groups excluding carboxylic acids is 1. The molecule has 0 bridgehead atoms. The molecule has 116 valence electrons. The Morgan fingerprint density at radius 1 is 1.52 bits per heavy atom. The zero-order chi connectivity index (χ0) is 16.7. The molecule has 1 aromatic heterocycles. The molecule has 0 atom stereocenters. The number of hydrogen-bond donors (Lipinski definition) is 2. The summed E-state index contributed by atoms with van der Waals surface area (Å²) in [7, 11) is 0. The summed E-state index contributed by atoms with van der Waals surface area (Å²) in [5.41, 5.74) is 2.11. The van der Waals surface area contributed by atoms with Crippen molar-refractivity contribution >= 4 is 17.2 Å². The first-order valence-electron chi connectivity index (χ1n) is 6.64. The van der Waals surface area contributed by atoms with Crippen LogP contribution in [0.15, 0.2) is 37.1 Å². The molecule has 0 aliphatic carbocycles. The lowest BCUT2D eigenvalue weighted by molar-refractivity contribution is 0.0549. The average molecular weight is 310 g/mol. The van der Waals surface area contributed by atoms with Gasteiger partial charge in [-0.2, -0.15) is 10.5 Å². The van der Waals surface area contributed by atoms with E-state index in [1.165, 1.54) is 12.3 Å². The molecule has 1 aromatic carbocycles. The Labute approximate surface area is 132 Å². The minimum Gasteiger partial charge on any atom is -0.458 e. The predicted octanol–water partition coefficient (Wildman–Crippen LogP) is 1.83. The number of aromatic amines is 1. The number of rotatable bonds is 6. The summed E-state index contributed by atoms with van der Waals surface area (Å²) in [4.78, 5) is 11.9. The number of anilines is 1. The number of carbonyl (C=O) groups is 1. The number of nitrogens with zero attached hydrogens (tertiary/aromatic N) is 4. The minimum absolute atomic E-state index is 0.145. The van der Waals surface area contributed by atoms with E-state index in [0.717, 1.165) is 5.56 Å². The lowest BCUT2D eigenvalue weighted by Crippen LogP contribution is -2.06. The van der Waals surface area contributed by atoms with Gasteiger partial charge in [-0.25, -0.2) is 4.79 Å². The molecule has 0 aliphatic heterocycles. The van der Waals surface area contributed by atoms with E-state index in [4.69, 9.17) is 10.00 Å². The van der Waals surface area contributed by atoms with Crippen LogP contribution in [0.4, 0.5) is 5.69 Å². The van der Waals surface area contributed by atoms with Crippen LogP contribution in [0.5, 0.6) is 0 Å². The number of tetrazole rings is 1.